The predicted molar refractivity (Wildman–Crippen MR) is 101 cm³/mol. The molecule has 25 heavy (non-hydrogen) atoms. The molecule has 132 valence electrons. The van der Waals surface area contributed by atoms with Gasteiger partial charge in [0.15, 0.2) is 0 Å². The molecule has 1 aromatic carbocycles. The Balaban J connectivity index is 1.74. The molecule has 0 aliphatic carbocycles. The van der Waals surface area contributed by atoms with Crippen LogP contribution in [0.3, 0.4) is 0 Å². The first-order valence-electron chi connectivity index (χ1n) is 8.36. The zero-order valence-corrected chi connectivity index (χ0v) is 15.9. The van der Waals surface area contributed by atoms with E-state index >= 15 is 0 Å². The van der Waals surface area contributed by atoms with Crippen LogP contribution < -0.4 is 5.32 Å². The lowest BCUT2D eigenvalue weighted by Crippen LogP contribution is -2.52. The molecule has 6 heteroatoms. The number of fused-ring (bicyclic) bond motifs is 1. The van der Waals surface area contributed by atoms with Gasteiger partial charge in [0, 0.05) is 18.0 Å². The van der Waals surface area contributed by atoms with Crippen LogP contribution in [0.1, 0.15) is 34.6 Å². The number of halogens is 1. The Morgan fingerprint density at radius 1 is 1.24 bits per heavy atom. The Morgan fingerprint density at radius 2 is 2.00 bits per heavy atom. The Hall–Kier alpha value is -1.85. The summed E-state index contributed by atoms with van der Waals surface area (Å²) >= 11 is 7.84. The van der Waals surface area contributed by atoms with Crippen LogP contribution in [-0.4, -0.2) is 29.3 Å². The Labute approximate surface area is 156 Å². The molecular weight excluding hydrogens is 356 g/mol. The monoisotopic (exact) mass is 376 g/mol. The number of hydrogen-bond donors (Lipinski definition) is 1. The molecule has 0 saturated carbocycles. The SMILES string of the molecule is CC(C)[C@H](NC(=O)c1ccccc1Cl)C(=O)N1CCc2sccc2C1. The van der Waals surface area contributed by atoms with Gasteiger partial charge in [-0.05, 0) is 41.5 Å². The van der Waals surface area contributed by atoms with Crippen molar-refractivity contribution in [3.63, 3.8) is 0 Å². The van der Waals surface area contributed by atoms with E-state index in [9.17, 15) is 9.59 Å². The van der Waals surface area contributed by atoms with Crippen molar-refractivity contribution in [1.29, 1.82) is 0 Å². The molecule has 0 saturated heterocycles. The molecule has 0 bridgehead atoms. The summed E-state index contributed by atoms with van der Waals surface area (Å²) in [6, 6.07) is 8.38. The standard InChI is InChI=1S/C19H21ClN2O2S/c1-12(2)17(21-18(23)14-5-3-4-6-15(14)20)19(24)22-9-7-16-13(11-22)8-10-25-16/h3-6,8,10,12,17H,7,9,11H2,1-2H3,(H,21,23)/t17-/m0/s1. The highest BCUT2D eigenvalue weighted by molar-refractivity contribution is 7.10. The van der Waals surface area contributed by atoms with Crippen molar-refractivity contribution in [1.82, 2.24) is 10.2 Å². The molecule has 2 heterocycles. The zero-order chi connectivity index (χ0) is 18.0. The number of amides is 2. The van der Waals surface area contributed by atoms with Gasteiger partial charge in [-0.25, -0.2) is 0 Å². The van der Waals surface area contributed by atoms with E-state index in [0.717, 1.165) is 6.42 Å². The van der Waals surface area contributed by atoms with Gasteiger partial charge in [-0.15, -0.1) is 11.3 Å². The quantitative estimate of drug-likeness (QED) is 0.883. The van der Waals surface area contributed by atoms with E-state index in [-0.39, 0.29) is 17.7 Å². The largest absolute Gasteiger partial charge is 0.340 e. The Bertz CT molecular complexity index is 787. The average molecular weight is 377 g/mol. The van der Waals surface area contributed by atoms with E-state index in [1.165, 1.54) is 10.4 Å². The van der Waals surface area contributed by atoms with E-state index in [2.05, 4.69) is 16.8 Å². The van der Waals surface area contributed by atoms with Gasteiger partial charge in [0.05, 0.1) is 10.6 Å². The third-order valence-electron chi connectivity index (χ3n) is 4.46. The first-order valence-corrected chi connectivity index (χ1v) is 9.62. The summed E-state index contributed by atoms with van der Waals surface area (Å²) in [5, 5.41) is 5.33. The number of rotatable bonds is 4. The maximum atomic E-state index is 13.0. The lowest BCUT2D eigenvalue weighted by molar-refractivity contribution is -0.135. The summed E-state index contributed by atoms with van der Waals surface area (Å²) in [6.45, 7) is 5.19. The molecule has 1 atom stereocenters. The van der Waals surface area contributed by atoms with E-state index in [4.69, 9.17) is 11.6 Å². The van der Waals surface area contributed by atoms with Crippen molar-refractivity contribution < 1.29 is 9.59 Å². The third kappa shape index (κ3) is 3.88. The molecule has 0 radical (unpaired) electrons. The lowest BCUT2D eigenvalue weighted by Gasteiger charge is -2.32. The summed E-state index contributed by atoms with van der Waals surface area (Å²) in [5.74, 6) is -0.360. The number of nitrogens with zero attached hydrogens (tertiary/aromatic N) is 1. The minimum atomic E-state index is -0.566. The van der Waals surface area contributed by atoms with Crippen LogP contribution in [0, 0.1) is 5.92 Å². The fourth-order valence-electron chi connectivity index (χ4n) is 3.01. The highest BCUT2D eigenvalue weighted by atomic mass is 35.5. The third-order valence-corrected chi connectivity index (χ3v) is 5.81. The second kappa shape index (κ2) is 7.58. The van der Waals surface area contributed by atoms with Crippen molar-refractivity contribution in [2.24, 2.45) is 5.92 Å². The van der Waals surface area contributed by atoms with Crippen LogP contribution in [0.15, 0.2) is 35.7 Å². The van der Waals surface area contributed by atoms with E-state index in [1.807, 2.05) is 18.7 Å². The second-order valence-electron chi connectivity index (χ2n) is 6.55. The summed E-state index contributed by atoms with van der Waals surface area (Å²) in [6.07, 6.45) is 0.877. The zero-order valence-electron chi connectivity index (χ0n) is 14.3. The Morgan fingerprint density at radius 3 is 2.72 bits per heavy atom. The number of carbonyl (C=O) groups excluding carboxylic acids is 2. The van der Waals surface area contributed by atoms with Crippen molar-refractivity contribution in [3.8, 4) is 0 Å². The minimum Gasteiger partial charge on any atom is -0.340 e. The maximum absolute atomic E-state index is 13.0. The maximum Gasteiger partial charge on any atom is 0.253 e. The molecule has 0 unspecified atom stereocenters. The topological polar surface area (TPSA) is 49.4 Å². The van der Waals surface area contributed by atoms with Gasteiger partial charge < -0.3 is 10.2 Å². The Kier molecular flexibility index (Phi) is 5.45. The van der Waals surface area contributed by atoms with Crippen LogP contribution in [0.2, 0.25) is 5.02 Å². The first-order chi connectivity index (χ1) is 12.0. The fraction of sp³-hybridized carbons (Fsp3) is 0.368. The van der Waals surface area contributed by atoms with Gasteiger partial charge in [0.2, 0.25) is 5.91 Å². The van der Waals surface area contributed by atoms with Gasteiger partial charge in [-0.2, -0.15) is 0 Å². The molecule has 4 nitrogen and oxygen atoms in total. The van der Waals surface area contributed by atoms with Crippen LogP contribution in [-0.2, 0) is 17.8 Å². The normalized spacial score (nSPS) is 15.0. The molecule has 2 amide bonds. The fourth-order valence-corrected chi connectivity index (χ4v) is 4.12. The van der Waals surface area contributed by atoms with Crippen LogP contribution in [0.25, 0.3) is 0 Å². The summed E-state index contributed by atoms with van der Waals surface area (Å²) < 4.78 is 0. The van der Waals surface area contributed by atoms with Crippen LogP contribution in [0.4, 0.5) is 0 Å². The molecule has 0 fully saturated rings. The number of nitrogens with one attached hydrogen (secondary N) is 1. The van der Waals surface area contributed by atoms with Gasteiger partial charge >= 0.3 is 0 Å². The van der Waals surface area contributed by atoms with Crippen molar-refractivity contribution in [3.05, 3.63) is 56.7 Å². The molecule has 1 aliphatic heterocycles. The van der Waals surface area contributed by atoms with Crippen molar-refractivity contribution in [2.75, 3.05) is 6.54 Å². The van der Waals surface area contributed by atoms with Gasteiger partial charge in [0.25, 0.3) is 5.91 Å². The number of carbonyl (C=O) groups is 2. The van der Waals surface area contributed by atoms with Gasteiger partial charge in [0.1, 0.15) is 6.04 Å². The summed E-state index contributed by atoms with van der Waals surface area (Å²) in [5.41, 5.74) is 1.60. The van der Waals surface area contributed by atoms with Gasteiger partial charge in [-0.3, -0.25) is 9.59 Å². The molecule has 1 aromatic heterocycles. The van der Waals surface area contributed by atoms with Crippen LogP contribution >= 0.6 is 22.9 Å². The van der Waals surface area contributed by atoms with E-state index in [0.29, 0.717) is 23.7 Å². The summed E-state index contributed by atoms with van der Waals surface area (Å²) in [7, 11) is 0. The highest BCUT2D eigenvalue weighted by Crippen LogP contribution is 2.25. The van der Waals surface area contributed by atoms with E-state index < -0.39 is 6.04 Å². The minimum absolute atomic E-state index is 0.0113. The molecule has 0 spiro atoms. The summed E-state index contributed by atoms with van der Waals surface area (Å²) in [4.78, 5) is 28.8. The molecule has 1 aliphatic rings. The number of thiophene rings is 1. The number of hydrogen-bond acceptors (Lipinski definition) is 3. The molecule has 2 aromatic rings. The molecule has 3 rings (SSSR count). The first kappa shape index (κ1) is 18.0. The lowest BCUT2D eigenvalue weighted by atomic mass is 10.00. The number of benzene rings is 1. The second-order valence-corrected chi connectivity index (χ2v) is 7.96. The highest BCUT2D eigenvalue weighted by Gasteiger charge is 2.31. The predicted octanol–water partition coefficient (Wildman–Crippen LogP) is 3.74. The van der Waals surface area contributed by atoms with E-state index in [1.54, 1.807) is 35.6 Å². The molecular formula is C19H21ClN2O2S. The van der Waals surface area contributed by atoms with Crippen molar-refractivity contribution in [2.45, 2.75) is 32.9 Å². The van der Waals surface area contributed by atoms with Gasteiger partial charge in [-0.1, -0.05) is 37.6 Å². The molecule has 1 N–H and O–H groups in total. The average Bonchev–Trinajstić information content (AvgIpc) is 3.06. The smallest absolute Gasteiger partial charge is 0.253 e. The van der Waals surface area contributed by atoms with Crippen LogP contribution in [0.5, 0.6) is 0 Å². The van der Waals surface area contributed by atoms with Crippen molar-refractivity contribution >= 4 is 34.8 Å².